The molecule has 2 aliphatic heterocycles. The molecule has 1 aliphatic carbocycles. The van der Waals surface area contributed by atoms with Crippen LogP contribution in [0, 0.1) is 11.8 Å². The zero-order valence-corrected chi connectivity index (χ0v) is 14.6. The van der Waals surface area contributed by atoms with Crippen LogP contribution in [0.15, 0.2) is 18.2 Å². The van der Waals surface area contributed by atoms with Gasteiger partial charge in [0, 0.05) is 11.7 Å². The maximum absolute atomic E-state index is 12.4. The summed E-state index contributed by atoms with van der Waals surface area (Å²) in [5, 5.41) is 6.33. The first kappa shape index (κ1) is 16.0. The molecule has 3 fully saturated rings. The van der Waals surface area contributed by atoms with Gasteiger partial charge >= 0.3 is 6.03 Å². The highest BCUT2D eigenvalue weighted by Crippen LogP contribution is 2.43. The molecule has 0 aromatic heterocycles. The fourth-order valence-electron chi connectivity index (χ4n) is 4.48. The number of nitrogens with one attached hydrogen (secondary N) is 2. The highest BCUT2D eigenvalue weighted by molar-refractivity contribution is 6.42. The van der Waals surface area contributed by atoms with Gasteiger partial charge in [0.05, 0.1) is 16.0 Å². The van der Waals surface area contributed by atoms with Crippen molar-refractivity contribution in [2.24, 2.45) is 11.8 Å². The maximum Gasteiger partial charge on any atom is 0.323 e. The van der Waals surface area contributed by atoms with Crippen molar-refractivity contribution < 1.29 is 9.59 Å². The van der Waals surface area contributed by atoms with Crippen LogP contribution in [-0.4, -0.2) is 24.1 Å². The third-order valence-corrected chi connectivity index (χ3v) is 6.26. The summed E-state index contributed by atoms with van der Waals surface area (Å²) in [5.41, 5.74) is 0.908. The van der Waals surface area contributed by atoms with Crippen LogP contribution in [0.1, 0.15) is 32.1 Å². The monoisotopic (exact) mass is 367 g/mol. The van der Waals surface area contributed by atoms with Gasteiger partial charge in [-0.05, 0) is 43.4 Å². The van der Waals surface area contributed by atoms with Crippen LogP contribution in [0.4, 0.5) is 10.5 Å². The molecule has 1 aromatic rings. The highest BCUT2D eigenvalue weighted by atomic mass is 35.5. The van der Waals surface area contributed by atoms with E-state index in [0.29, 0.717) is 22.0 Å². The number of nitrogens with zero attached hydrogens (tertiary/aromatic N) is 1. The first-order valence-corrected chi connectivity index (χ1v) is 9.15. The number of benzene rings is 1. The molecular formula is C17H19Cl2N3O2. The van der Waals surface area contributed by atoms with Crippen molar-refractivity contribution in [2.75, 3.05) is 4.90 Å². The summed E-state index contributed by atoms with van der Waals surface area (Å²) in [5.74, 6) is 0.0320. The molecule has 128 valence electrons. The van der Waals surface area contributed by atoms with E-state index in [0.717, 1.165) is 31.4 Å². The smallest absolute Gasteiger partial charge is 0.323 e. The summed E-state index contributed by atoms with van der Waals surface area (Å²) in [6.45, 7) is 0. The molecule has 2 heterocycles. The molecule has 3 amide bonds. The average Bonchev–Trinajstić information content (AvgIpc) is 2.56. The number of amides is 3. The number of rotatable bonds is 1. The predicted octanol–water partition coefficient (Wildman–Crippen LogP) is 3.54. The Labute approximate surface area is 150 Å². The Morgan fingerprint density at radius 1 is 1.08 bits per heavy atom. The zero-order valence-electron chi connectivity index (χ0n) is 13.1. The Balaban J connectivity index is 1.77. The highest BCUT2D eigenvalue weighted by Gasteiger charge is 2.49. The number of halogens is 2. The van der Waals surface area contributed by atoms with Crippen LogP contribution in [0.5, 0.6) is 0 Å². The topological polar surface area (TPSA) is 61.4 Å². The van der Waals surface area contributed by atoms with Crippen molar-refractivity contribution in [1.29, 1.82) is 0 Å². The molecule has 5 nitrogen and oxygen atoms in total. The molecule has 3 aliphatic rings. The fourth-order valence-corrected chi connectivity index (χ4v) is 4.77. The van der Waals surface area contributed by atoms with Gasteiger partial charge in [0.1, 0.15) is 6.17 Å². The van der Waals surface area contributed by atoms with Gasteiger partial charge in [-0.15, -0.1) is 0 Å². The third-order valence-electron chi connectivity index (χ3n) is 5.52. The summed E-state index contributed by atoms with van der Waals surface area (Å²) >= 11 is 12.3. The lowest BCUT2D eigenvalue weighted by molar-refractivity contribution is -0.127. The van der Waals surface area contributed by atoms with Gasteiger partial charge in [0.2, 0.25) is 5.91 Å². The van der Waals surface area contributed by atoms with E-state index in [1.807, 2.05) is 12.1 Å². The molecule has 4 unspecified atom stereocenters. The van der Waals surface area contributed by atoms with Crippen molar-refractivity contribution in [2.45, 2.75) is 44.3 Å². The quantitative estimate of drug-likeness (QED) is 0.797. The van der Waals surface area contributed by atoms with Gasteiger partial charge in [-0.1, -0.05) is 36.0 Å². The van der Waals surface area contributed by atoms with Crippen molar-refractivity contribution >= 4 is 40.8 Å². The van der Waals surface area contributed by atoms with E-state index in [9.17, 15) is 9.59 Å². The minimum atomic E-state index is -0.430. The zero-order chi connectivity index (χ0) is 16.8. The Hall–Kier alpha value is -1.46. The van der Waals surface area contributed by atoms with E-state index in [4.69, 9.17) is 23.2 Å². The van der Waals surface area contributed by atoms with E-state index >= 15 is 0 Å². The molecule has 0 spiro atoms. The van der Waals surface area contributed by atoms with Crippen molar-refractivity contribution in [3.63, 3.8) is 0 Å². The largest absolute Gasteiger partial charge is 0.347 e. The Morgan fingerprint density at radius 3 is 2.67 bits per heavy atom. The van der Waals surface area contributed by atoms with E-state index in [-0.39, 0.29) is 18.0 Å². The lowest BCUT2D eigenvalue weighted by atomic mass is 9.72. The van der Waals surface area contributed by atoms with Gasteiger partial charge in [-0.3, -0.25) is 10.1 Å². The number of carbonyl (C=O) groups is 2. The number of urea groups is 1. The van der Waals surface area contributed by atoms with E-state index in [1.54, 1.807) is 6.07 Å². The van der Waals surface area contributed by atoms with Crippen molar-refractivity contribution in [1.82, 2.24) is 10.6 Å². The van der Waals surface area contributed by atoms with E-state index in [1.165, 1.54) is 6.42 Å². The third kappa shape index (κ3) is 2.64. The summed E-state index contributed by atoms with van der Waals surface area (Å²) in [7, 11) is 0. The maximum atomic E-state index is 12.4. The van der Waals surface area contributed by atoms with E-state index in [2.05, 4.69) is 15.5 Å². The van der Waals surface area contributed by atoms with Crippen molar-refractivity contribution in [3.05, 3.63) is 28.2 Å². The van der Waals surface area contributed by atoms with Gasteiger partial charge in [-0.2, -0.15) is 0 Å². The van der Waals surface area contributed by atoms with Gasteiger partial charge in [0.15, 0.2) is 0 Å². The standard InChI is InChI=1S/C17H19Cl2N3O2/c18-12-6-5-10(8-13(12)19)22-14-4-2-1-3-9(14)7-11-15(22)20-17(24)21-16(11)23/h5-6,8-9,11,14-15H,1-4,7H2,(H2,20,21,23,24). The number of fused-ring (bicyclic) bond motifs is 2. The molecule has 7 heteroatoms. The van der Waals surface area contributed by atoms with Crippen molar-refractivity contribution in [3.8, 4) is 0 Å². The molecule has 2 saturated heterocycles. The second-order valence-electron chi connectivity index (χ2n) is 6.87. The predicted molar refractivity (Wildman–Crippen MR) is 93.3 cm³/mol. The summed E-state index contributed by atoms with van der Waals surface area (Å²) in [6, 6.07) is 5.40. The summed E-state index contributed by atoms with van der Waals surface area (Å²) in [6.07, 6.45) is 5.03. The van der Waals surface area contributed by atoms with Crippen LogP contribution >= 0.6 is 23.2 Å². The Morgan fingerprint density at radius 2 is 1.88 bits per heavy atom. The number of hydrogen-bond acceptors (Lipinski definition) is 3. The van der Waals surface area contributed by atoms with Crippen LogP contribution in [0.25, 0.3) is 0 Å². The number of hydrogen-bond donors (Lipinski definition) is 2. The number of anilines is 1. The second kappa shape index (κ2) is 6.12. The first-order chi connectivity index (χ1) is 11.5. The Kier molecular flexibility index (Phi) is 4.09. The molecule has 1 aromatic carbocycles. The molecule has 4 rings (SSSR count). The SMILES string of the molecule is O=C1NC(=O)C2CC3CCCCC3N(c3ccc(Cl)c(Cl)c3)C2N1. The van der Waals surface area contributed by atoms with Crippen LogP contribution < -0.4 is 15.5 Å². The summed E-state index contributed by atoms with van der Waals surface area (Å²) in [4.78, 5) is 26.4. The second-order valence-corrected chi connectivity index (χ2v) is 7.68. The van der Waals surface area contributed by atoms with Crippen LogP contribution in [0.2, 0.25) is 10.0 Å². The molecule has 24 heavy (non-hydrogen) atoms. The lowest BCUT2D eigenvalue weighted by Gasteiger charge is -2.53. The average molecular weight is 368 g/mol. The number of imide groups is 1. The molecule has 0 radical (unpaired) electrons. The molecule has 0 bridgehead atoms. The minimum Gasteiger partial charge on any atom is -0.347 e. The molecular weight excluding hydrogens is 349 g/mol. The van der Waals surface area contributed by atoms with E-state index < -0.39 is 6.03 Å². The van der Waals surface area contributed by atoms with Gasteiger partial charge in [-0.25, -0.2) is 4.79 Å². The molecule has 2 N–H and O–H groups in total. The number of carbonyl (C=O) groups excluding carboxylic acids is 2. The minimum absolute atomic E-state index is 0.183. The summed E-state index contributed by atoms with van der Waals surface area (Å²) < 4.78 is 0. The normalized spacial score (nSPS) is 32.5. The van der Waals surface area contributed by atoms with Crippen LogP contribution in [-0.2, 0) is 4.79 Å². The number of piperidine rings is 1. The fraction of sp³-hybridized carbons (Fsp3) is 0.529. The van der Waals surface area contributed by atoms with Gasteiger partial charge < -0.3 is 10.2 Å². The molecule has 1 saturated carbocycles. The first-order valence-electron chi connectivity index (χ1n) is 8.39. The van der Waals surface area contributed by atoms with Crippen LogP contribution in [0.3, 0.4) is 0 Å². The van der Waals surface area contributed by atoms with Gasteiger partial charge in [0.25, 0.3) is 0 Å². The Bertz CT molecular complexity index is 696. The molecule has 4 atom stereocenters. The lowest BCUT2D eigenvalue weighted by Crippen LogP contribution is -2.70.